The number of aromatic carboxylic acids is 1. The number of aromatic nitrogens is 2. The van der Waals surface area contributed by atoms with Gasteiger partial charge in [-0.15, -0.1) is 0 Å². The summed E-state index contributed by atoms with van der Waals surface area (Å²) in [6.45, 7) is 1.38. The fourth-order valence-corrected chi connectivity index (χ4v) is 4.72. The lowest BCUT2D eigenvalue weighted by Crippen LogP contribution is -2.52. The highest BCUT2D eigenvalue weighted by Crippen LogP contribution is 2.57. The quantitative estimate of drug-likeness (QED) is 0.733. The van der Waals surface area contributed by atoms with Crippen LogP contribution in [0.2, 0.25) is 0 Å². The minimum atomic E-state index is -2.49. The van der Waals surface area contributed by atoms with Crippen molar-refractivity contribution in [2.24, 2.45) is 5.41 Å². The molecule has 1 saturated carbocycles. The van der Waals surface area contributed by atoms with Gasteiger partial charge in [0, 0.05) is 32.1 Å². The van der Waals surface area contributed by atoms with E-state index >= 15 is 0 Å². The Morgan fingerprint density at radius 1 is 1.11 bits per heavy atom. The maximum atomic E-state index is 13.4. The lowest BCUT2D eigenvalue weighted by Gasteiger charge is -2.52. The highest BCUT2D eigenvalue weighted by molar-refractivity contribution is 5.94. The summed E-state index contributed by atoms with van der Waals surface area (Å²) in [5, 5.41) is 9.26. The third-order valence-electron chi connectivity index (χ3n) is 6.08. The summed E-state index contributed by atoms with van der Waals surface area (Å²) in [6, 6.07) is 8.84. The van der Waals surface area contributed by atoms with Gasteiger partial charge in [0.05, 0.1) is 22.1 Å². The molecule has 0 radical (unpaired) electrons. The van der Waals surface area contributed by atoms with Crippen LogP contribution in [-0.4, -0.2) is 39.5 Å². The number of piperidine rings is 1. The van der Waals surface area contributed by atoms with Crippen molar-refractivity contribution in [3.8, 4) is 0 Å². The molecule has 5 rings (SSSR count). The SMILES string of the molecule is O=C(O)c1ccc2c(c1)nc(N1CCC3(CC1)CC(F)(F)C3)c1cccn12. The van der Waals surface area contributed by atoms with Crippen molar-refractivity contribution in [2.75, 3.05) is 18.0 Å². The number of carbonyl (C=O) groups is 1. The number of halogens is 2. The second-order valence-electron chi connectivity index (χ2n) is 7.90. The van der Waals surface area contributed by atoms with Crippen molar-refractivity contribution in [1.82, 2.24) is 9.38 Å². The van der Waals surface area contributed by atoms with Crippen molar-refractivity contribution in [3.05, 3.63) is 42.1 Å². The van der Waals surface area contributed by atoms with Gasteiger partial charge >= 0.3 is 5.97 Å². The van der Waals surface area contributed by atoms with E-state index in [4.69, 9.17) is 4.98 Å². The topological polar surface area (TPSA) is 57.8 Å². The molecule has 2 aliphatic rings. The molecule has 1 N–H and O–H groups in total. The van der Waals surface area contributed by atoms with Crippen LogP contribution in [0.4, 0.5) is 14.6 Å². The van der Waals surface area contributed by atoms with Crippen LogP contribution in [0, 0.1) is 5.41 Å². The Labute approximate surface area is 154 Å². The van der Waals surface area contributed by atoms with Crippen LogP contribution in [0.15, 0.2) is 36.5 Å². The maximum Gasteiger partial charge on any atom is 0.335 e. The highest BCUT2D eigenvalue weighted by Gasteiger charge is 2.56. The molecule has 2 fully saturated rings. The van der Waals surface area contributed by atoms with Gasteiger partial charge in [-0.1, -0.05) is 0 Å². The molecule has 1 aliphatic carbocycles. The molecule has 7 heteroatoms. The zero-order chi connectivity index (χ0) is 18.8. The summed E-state index contributed by atoms with van der Waals surface area (Å²) in [4.78, 5) is 18.2. The Bertz CT molecular complexity index is 1060. The monoisotopic (exact) mass is 371 g/mol. The largest absolute Gasteiger partial charge is 0.478 e. The number of anilines is 1. The summed E-state index contributed by atoms with van der Waals surface area (Å²) >= 11 is 0. The third kappa shape index (κ3) is 2.56. The Morgan fingerprint density at radius 2 is 1.85 bits per heavy atom. The van der Waals surface area contributed by atoms with Crippen molar-refractivity contribution >= 4 is 28.3 Å². The second kappa shape index (κ2) is 5.41. The minimum absolute atomic E-state index is 0.00149. The van der Waals surface area contributed by atoms with Crippen LogP contribution in [0.25, 0.3) is 16.6 Å². The molecule has 0 atom stereocenters. The van der Waals surface area contributed by atoms with Gasteiger partial charge in [0.25, 0.3) is 0 Å². The van der Waals surface area contributed by atoms with Crippen LogP contribution >= 0.6 is 0 Å². The van der Waals surface area contributed by atoms with Crippen molar-refractivity contribution in [2.45, 2.75) is 31.6 Å². The van der Waals surface area contributed by atoms with Crippen LogP contribution < -0.4 is 4.90 Å². The van der Waals surface area contributed by atoms with Gasteiger partial charge in [-0.05, 0) is 48.6 Å². The smallest absolute Gasteiger partial charge is 0.335 e. The Balaban J connectivity index is 1.52. The number of carboxylic acid groups (broad SMARTS) is 1. The maximum absolute atomic E-state index is 13.4. The van der Waals surface area contributed by atoms with Gasteiger partial charge in [-0.2, -0.15) is 0 Å². The number of alkyl halides is 2. The van der Waals surface area contributed by atoms with Gasteiger partial charge in [-0.3, -0.25) is 0 Å². The Morgan fingerprint density at radius 3 is 2.52 bits per heavy atom. The number of nitrogens with zero attached hydrogens (tertiary/aromatic N) is 3. The average molecular weight is 371 g/mol. The van der Waals surface area contributed by atoms with E-state index in [0.29, 0.717) is 18.6 Å². The van der Waals surface area contributed by atoms with E-state index in [0.717, 1.165) is 29.7 Å². The first-order valence-corrected chi connectivity index (χ1v) is 9.13. The minimum Gasteiger partial charge on any atom is -0.478 e. The molecule has 3 heterocycles. The van der Waals surface area contributed by atoms with Crippen LogP contribution in [0.5, 0.6) is 0 Å². The van der Waals surface area contributed by atoms with Gasteiger partial charge < -0.3 is 14.4 Å². The van der Waals surface area contributed by atoms with Crippen LogP contribution in [0.3, 0.4) is 0 Å². The lowest BCUT2D eigenvalue weighted by molar-refractivity contribution is -0.168. The number of rotatable bonds is 2. The van der Waals surface area contributed by atoms with E-state index in [1.165, 1.54) is 0 Å². The van der Waals surface area contributed by atoms with Crippen LogP contribution in [-0.2, 0) is 0 Å². The molecule has 0 unspecified atom stereocenters. The zero-order valence-electron chi connectivity index (χ0n) is 14.7. The highest BCUT2D eigenvalue weighted by atomic mass is 19.3. The molecule has 140 valence electrons. The van der Waals surface area contributed by atoms with Crippen molar-refractivity contribution in [1.29, 1.82) is 0 Å². The Hall–Kier alpha value is -2.70. The molecule has 3 aromatic rings. The van der Waals surface area contributed by atoms with E-state index in [1.54, 1.807) is 18.2 Å². The molecule has 27 heavy (non-hydrogen) atoms. The Kier molecular flexibility index (Phi) is 3.30. The molecule has 1 saturated heterocycles. The standard InChI is InChI=1S/C20H19F2N3O2/c21-20(22)11-19(12-20)5-8-24(9-6-19)17-16-2-1-7-25(16)15-4-3-13(18(26)27)10-14(15)23-17/h1-4,7,10H,5-6,8-9,11-12H2,(H,26,27). The molecule has 5 nitrogen and oxygen atoms in total. The first-order valence-electron chi connectivity index (χ1n) is 9.13. The molecule has 0 bridgehead atoms. The fourth-order valence-electron chi connectivity index (χ4n) is 4.72. The normalized spacial score (nSPS) is 20.9. The van der Waals surface area contributed by atoms with E-state index in [2.05, 4.69) is 4.90 Å². The van der Waals surface area contributed by atoms with Gasteiger partial charge in [0.1, 0.15) is 0 Å². The second-order valence-corrected chi connectivity index (χ2v) is 7.90. The number of benzene rings is 1. The molecule has 0 amide bonds. The van der Waals surface area contributed by atoms with Gasteiger partial charge in [-0.25, -0.2) is 18.6 Å². The average Bonchev–Trinajstić information content (AvgIpc) is 3.09. The number of carboxylic acids is 1. The summed E-state index contributed by atoms with van der Waals surface area (Å²) in [5.74, 6) is -2.69. The van der Waals surface area contributed by atoms with E-state index < -0.39 is 11.9 Å². The number of hydrogen-bond donors (Lipinski definition) is 1. The van der Waals surface area contributed by atoms with E-state index in [9.17, 15) is 18.7 Å². The first-order chi connectivity index (χ1) is 12.9. The number of hydrogen-bond acceptors (Lipinski definition) is 3. The predicted molar refractivity (Wildman–Crippen MR) is 97.7 cm³/mol. The summed E-state index contributed by atoms with van der Waals surface area (Å²) in [6.07, 6.45) is 3.42. The molecule has 1 spiro atoms. The summed E-state index contributed by atoms with van der Waals surface area (Å²) in [7, 11) is 0. The van der Waals surface area contributed by atoms with Gasteiger partial charge in [0.15, 0.2) is 5.82 Å². The summed E-state index contributed by atoms with van der Waals surface area (Å²) < 4.78 is 28.7. The predicted octanol–water partition coefficient (Wildman–Crippen LogP) is 4.20. The molecular formula is C20H19F2N3O2. The number of fused-ring (bicyclic) bond motifs is 3. The zero-order valence-corrected chi connectivity index (χ0v) is 14.7. The lowest BCUT2D eigenvalue weighted by atomic mass is 9.61. The fraction of sp³-hybridized carbons (Fsp3) is 0.400. The molecule has 2 aromatic heterocycles. The first kappa shape index (κ1) is 16.5. The van der Waals surface area contributed by atoms with Crippen LogP contribution in [0.1, 0.15) is 36.0 Å². The van der Waals surface area contributed by atoms with Gasteiger partial charge in [0.2, 0.25) is 5.92 Å². The van der Waals surface area contributed by atoms with E-state index in [1.807, 2.05) is 22.7 Å². The molecule has 1 aromatic carbocycles. The van der Waals surface area contributed by atoms with E-state index in [-0.39, 0.29) is 23.8 Å². The van der Waals surface area contributed by atoms with Crippen molar-refractivity contribution in [3.63, 3.8) is 0 Å². The molecule has 1 aliphatic heterocycles. The third-order valence-corrected chi connectivity index (χ3v) is 6.08. The molecular weight excluding hydrogens is 352 g/mol. The van der Waals surface area contributed by atoms with Crippen molar-refractivity contribution < 1.29 is 18.7 Å². The summed E-state index contributed by atoms with van der Waals surface area (Å²) in [5.41, 5.74) is 2.38.